The fourth-order valence-corrected chi connectivity index (χ4v) is 6.64. The summed E-state index contributed by atoms with van der Waals surface area (Å²) in [5.41, 5.74) is 1.28. The highest BCUT2D eigenvalue weighted by Crippen LogP contribution is 2.37. The van der Waals surface area contributed by atoms with Gasteiger partial charge in [0.25, 0.3) is 10.0 Å². The molecule has 1 heterocycles. The molecule has 0 saturated carbocycles. The Morgan fingerprint density at radius 1 is 1.00 bits per heavy atom. The maximum Gasteiger partial charge on any atom is 0.410 e. The Morgan fingerprint density at radius 2 is 1.75 bits per heavy atom. The SMILES string of the molecule is COc1ccc(CN(c2ccccn2)S(=O)(=O)c2cc(Cl)c(Nc3ccc(C#N)cc3N(C)CCN(C)C(=O)OC(C)(C)C)cc2F)c(OC)c1. The van der Waals surface area contributed by atoms with Crippen LogP contribution in [0.5, 0.6) is 11.5 Å². The van der Waals surface area contributed by atoms with E-state index < -0.39 is 32.4 Å². The van der Waals surface area contributed by atoms with Crippen molar-refractivity contribution >= 4 is 50.6 Å². The number of carbonyl (C=O) groups is 1. The van der Waals surface area contributed by atoms with Crippen LogP contribution in [0, 0.1) is 17.1 Å². The van der Waals surface area contributed by atoms with Gasteiger partial charge in [-0.1, -0.05) is 17.7 Å². The molecule has 4 aromatic rings. The molecule has 3 aromatic carbocycles. The summed E-state index contributed by atoms with van der Waals surface area (Å²) in [7, 11) is 1.74. The fourth-order valence-electron chi connectivity index (χ4n) is 4.89. The van der Waals surface area contributed by atoms with Crippen molar-refractivity contribution < 1.29 is 31.8 Å². The lowest BCUT2D eigenvalue weighted by Crippen LogP contribution is -2.38. The molecule has 1 aromatic heterocycles. The van der Waals surface area contributed by atoms with Gasteiger partial charge in [-0.15, -0.1) is 0 Å². The van der Waals surface area contributed by atoms with Gasteiger partial charge in [-0.05, 0) is 69.3 Å². The number of aromatic nitrogens is 1. The summed E-state index contributed by atoms with van der Waals surface area (Å²) in [6.45, 7) is 5.74. The third-order valence-electron chi connectivity index (χ3n) is 7.59. The predicted octanol–water partition coefficient (Wildman–Crippen LogP) is 7.21. The average Bonchev–Trinajstić information content (AvgIpc) is 3.10. The monoisotopic (exact) mass is 738 g/mol. The van der Waals surface area contributed by atoms with Crippen molar-refractivity contribution in [2.45, 2.75) is 37.8 Å². The number of methoxy groups -OCH3 is 2. The summed E-state index contributed by atoms with van der Waals surface area (Å²) in [5, 5.41) is 12.6. The smallest absolute Gasteiger partial charge is 0.410 e. The lowest BCUT2D eigenvalue weighted by molar-refractivity contribution is 0.0303. The highest BCUT2D eigenvalue weighted by Gasteiger charge is 2.31. The Balaban J connectivity index is 1.66. The van der Waals surface area contributed by atoms with Crippen LogP contribution in [-0.4, -0.2) is 71.4 Å². The van der Waals surface area contributed by atoms with Crippen LogP contribution in [0.1, 0.15) is 31.9 Å². The molecule has 15 heteroatoms. The first-order valence-electron chi connectivity index (χ1n) is 15.7. The maximum atomic E-state index is 16.0. The van der Waals surface area contributed by atoms with Crippen LogP contribution in [0.25, 0.3) is 0 Å². The maximum absolute atomic E-state index is 16.0. The molecule has 0 aliphatic rings. The standard InChI is InChI=1S/C36H40ClFN6O6S/c1-36(2,3)50-35(45)43(5)17-16-42(4)31-18-24(22-39)11-14-29(31)41-30-21-28(38)33(20-27(30)37)51(46,47)44(34-10-8-9-15-40-34)23-25-12-13-26(48-6)19-32(25)49-7/h8-15,18-21,41H,16-17,23H2,1-7H3. The van der Waals surface area contributed by atoms with Gasteiger partial charge in [0.2, 0.25) is 0 Å². The number of carbonyl (C=O) groups excluding carboxylic acids is 1. The van der Waals surface area contributed by atoms with Crippen LogP contribution >= 0.6 is 11.6 Å². The second-order valence-corrected chi connectivity index (χ2v) is 14.7. The van der Waals surface area contributed by atoms with Gasteiger partial charge in [0.05, 0.1) is 54.5 Å². The van der Waals surface area contributed by atoms with E-state index in [9.17, 15) is 18.5 Å². The zero-order chi connectivity index (χ0) is 37.5. The Kier molecular flexibility index (Phi) is 12.2. The van der Waals surface area contributed by atoms with Crippen LogP contribution in [0.2, 0.25) is 5.02 Å². The number of hydrogen-bond donors (Lipinski definition) is 1. The molecule has 0 radical (unpaired) electrons. The van der Waals surface area contributed by atoms with Crippen LogP contribution < -0.4 is 24.0 Å². The van der Waals surface area contributed by atoms with E-state index in [1.165, 1.54) is 31.4 Å². The molecule has 0 atom stereocenters. The van der Waals surface area contributed by atoms with E-state index in [2.05, 4.69) is 16.4 Å². The van der Waals surface area contributed by atoms with E-state index in [1.807, 2.05) is 4.90 Å². The molecule has 4 rings (SSSR count). The third-order valence-corrected chi connectivity index (χ3v) is 9.66. The average molecular weight is 739 g/mol. The number of nitrogens with zero attached hydrogens (tertiary/aromatic N) is 5. The number of pyridine rings is 1. The molecule has 0 fully saturated rings. The van der Waals surface area contributed by atoms with Crippen molar-refractivity contribution in [1.29, 1.82) is 5.26 Å². The first-order valence-corrected chi connectivity index (χ1v) is 17.5. The molecular formula is C36H40ClFN6O6S. The van der Waals surface area contributed by atoms with Crippen LogP contribution in [0.3, 0.4) is 0 Å². The molecule has 0 unspecified atom stereocenters. The number of nitriles is 1. The normalized spacial score (nSPS) is 11.3. The molecular weight excluding hydrogens is 699 g/mol. The van der Waals surface area contributed by atoms with Crippen molar-refractivity contribution in [2.24, 2.45) is 0 Å². The molecule has 1 amide bonds. The van der Waals surface area contributed by atoms with E-state index in [4.69, 9.17) is 25.8 Å². The van der Waals surface area contributed by atoms with E-state index in [0.717, 1.165) is 16.4 Å². The van der Waals surface area contributed by atoms with Crippen LogP contribution in [0.15, 0.2) is 77.8 Å². The Labute approximate surface area is 303 Å². The summed E-state index contributed by atoms with van der Waals surface area (Å²) in [5.74, 6) is -0.139. The van der Waals surface area contributed by atoms with Gasteiger partial charge in [-0.2, -0.15) is 5.26 Å². The number of halogens is 2. The predicted molar refractivity (Wildman–Crippen MR) is 195 cm³/mol. The van der Waals surface area contributed by atoms with Gasteiger partial charge in [-0.25, -0.2) is 26.9 Å². The van der Waals surface area contributed by atoms with Gasteiger partial charge in [0.15, 0.2) is 0 Å². The van der Waals surface area contributed by atoms with Crippen molar-refractivity contribution in [3.05, 3.63) is 94.9 Å². The number of likely N-dealkylation sites (N-methyl/N-ethyl adjacent to an activating group) is 2. The lowest BCUT2D eigenvalue weighted by Gasteiger charge is -2.28. The molecule has 0 aliphatic carbocycles. The fraction of sp³-hybridized carbons (Fsp3) is 0.306. The van der Waals surface area contributed by atoms with E-state index in [-0.39, 0.29) is 23.1 Å². The molecule has 0 saturated heterocycles. The summed E-state index contributed by atoms with van der Waals surface area (Å²) in [4.78, 5) is 19.3. The number of sulfonamides is 1. The van der Waals surface area contributed by atoms with Gasteiger partial charge in [0.1, 0.15) is 33.6 Å². The highest BCUT2D eigenvalue weighted by atomic mass is 35.5. The Bertz CT molecular complexity index is 2020. The number of hydrogen-bond acceptors (Lipinski definition) is 10. The van der Waals surface area contributed by atoms with Gasteiger partial charge in [-0.3, -0.25) is 0 Å². The first kappa shape index (κ1) is 38.5. The molecule has 1 N–H and O–H groups in total. The summed E-state index contributed by atoms with van der Waals surface area (Å²) < 4.78 is 61.5. The number of amides is 1. The zero-order valence-electron chi connectivity index (χ0n) is 29.4. The van der Waals surface area contributed by atoms with Gasteiger partial charge in [0, 0.05) is 51.1 Å². The molecule has 12 nitrogen and oxygen atoms in total. The van der Waals surface area contributed by atoms with Crippen molar-refractivity contribution in [3.63, 3.8) is 0 Å². The van der Waals surface area contributed by atoms with Crippen molar-refractivity contribution in [3.8, 4) is 17.6 Å². The second kappa shape index (κ2) is 16.2. The van der Waals surface area contributed by atoms with E-state index >= 15 is 4.39 Å². The topological polar surface area (TPSA) is 137 Å². The molecule has 51 heavy (non-hydrogen) atoms. The Hall–Kier alpha value is -5.26. The minimum Gasteiger partial charge on any atom is -0.497 e. The third kappa shape index (κ3) is 9.50. The Morgan fingerprint density at radius 3 is 2.37 bits per heavy atom. The van der Waals surface area contributed by atoms with Gasteiger partial charge >= 0.3 is 6.09 Å². The summed E-state index contributed by atoms with van der Waals surface area (Å²) >= 11 is 6.64. The van der Waals surface area contributed by atoms with Crippen LogP contribution in [0.4, 0.5) is 32.1 Å². The number of ether oxygens (including phenoxy) is 3. The zero-order valence-corrected chi connectivity index (χ0v) is 31.0. The minimum atomic E-state index is -4.59. The van der Waals surface area contributed by atoms with E-state index in [1.54, 1.807) is 83.4 Å². The number of rotatable bonds is 13. The number of nitrogens with one attached hydrogen (secondary N) is 1. The molecule has 0 bridgehead atoms. The molecule has 270 valence electrons. The minimum absolute atomic E-state index is 0.0515. The van der Waals surface area contributed by atoms with Gasteiger partial charge < -0.3 is 29.3 Å². The highest BCUT2D eigenvalue weighted by molar-refractivity contribution is 7.92. The first-order chi connectivity index (χ1) is 24.1. The summed E-state index contributed by atoms with van der Waals surface area (Å²) in [6, 6.07) is 18.7. The second-order valence-electron chi connectivity index (χ2n) is 12.4. The number of anilines is 4. The molecule has 0 aliphatic heterocycles. The van der Waals surface area contributed by atoms with Crippen molar-refractivity contribution in [1.82, 2.24) is 9.88 Å². The largest absolute Gasteiger partial charge is 0.497 e. The van der Waals surface area contributed by atoms with Crippen molar-refractivity contribution in [2.75, 3.05) is 55.9 Å². The summed E-state index contributed by atoms with van der Waals surface area (Å²) in [6.07, 6.45) is 0.948. The molecule has 0 spiro atoms. The quantitative estimate of drug-likeness (QED) is 0.150. The lowest BCUT2D eigenvalue weighted by atomic mass is 10.1. The van der Waals surface area contributed by atoms with Crippen LogP contribution in [-0.2, 0) is 21.3 Å². The van der Waals surface area contributed by atoms with E-state index in [0.29, 0.717) is 47.1 Å². The number of benzene rings is 3.